The standard InChI is InChI=1S/C6H11.C2H5.BrH.Mg/c1-2-4-6-5-3-1;1-2;;/h1H,2-6H2;1H2,2H3;1H;. The van der Waals surface area contributed by atoms with Crippen molar-refractivity contribution in [3.05, 3.63) is 0 Å². The van der Waals surface area contributed by atoms with E-state index in [4.69, 9.17) is 0 Å². The maximum Gasteiger partial charge on any atom is 0.368 e. The van der Waals surface area contributed by atoms with E-state index in [0.29, 0.717) is 20.4 Å². The lowest BCUT2D eigenvalue weighted by molar-refractivity contribution is 0.500. The Morgan fingerprint density at radius 2 is 1.80 bits per heavy atom. The van der Waals surface area contributed by atoms with Crippen molar-refractivity contribution in [2.75, 3.05) is 0 Å². The van der Waals surface area contributed by atoms with Gasteiger partial charge in [-0.3, -0.25) is 0 Å². The Hall–Kier alpha value is 1.25. The average molecular weight is 217 g/mol. The smallest absolute Gasteiger partial charge is 0.148 e. The molecule has 0 spiro atoms. The molecule has 1 saturated carbocycles. The molecule has 0 aromatic heterocycles. The van der Waals surface area contributed by atoms with Gasteiger partial charge in [-0.15, -0.1) is 25.6 Å². The van der Waals surface area contributed by atoms with E-state index in [1.807, 2.05) is 0 Å². The minimum Gasteiger partial charge on any atom is -0.148 e. The molecule has 0 atom stereocenters. The molecule has 0 aromatic carbocycles. The van der Waals surface area contributed by atoms with Crippen LogP contribution in [0.25, 0.3) is 0 Å². The zero-order valence-electron chi connectivity index (χ0n) is 6.94. The Kier molecular flexibility index (Phi) is 7.79. The highest BCUT2D eigenvalue weighted by Gasteiger charge is 2.13. The Balaban J connectivity index is 0.000000810. The van der Waals surface area contributed by atoms with Crippen molar-refractivity contribution in [2.24, 2.45) is 0 Å². The summed E-state index contributed by atoms with van der Waals surface area (Å²) < 4.78 is 2.77. The van der Waals surface area contributed by atoms with Crippen LogP contribution in [0.15, 0.2) is 0 Å². The third kappa shape index (κ3) is 4.19. The van der Waals surface area contributed by atoms with E-state index in [2.05, 4.69) is 6.92 Å². The summed E-state index contributed by atoms with van der Waals surface area (Å²) >= 11 is 0.376. The molecule has 0 aromatic rings. The molecule has 0 radical (unpaired) electrons. The van der Waals surface area contributed by atoms with Gasteiger partial charge >= 0.3 is 20.4 Å². The monoisotopic (exact) mass is 216 g/mol. The van der Waals surface area contributed by atoms with Gasteiger partial charge in [-0.05, 0) is 0 Å². The molecule has 0 nitrogen and oxygen atoms in total. The average Bonchev–Trinajstić information content (AvgIpc) is 1.91. The molecule has 0 saturated heterocycles. The number of hydrogen-bond acceptors (Lipinski definition) is 0. The van der Waals surface area contributed by atoms with Crippen LogP contribution < -0.4 is 0 Å². The summed E-state index contributed by atoms with van der Waals surface area (Å²) in [6.45, 7) is 2.36. The summed E-state index contributed by atoms with van der Waals surface area (Å²) in [5.74, 6) is 0. The summed E-state index contributed by atoms with van der Waals surface area (Å²) in [5.41, 5.74) is 0. The van der Waals surface area contributed by atoms with E-state index < -0.39 is 0 Å². The number of halogens is 1. The zero-order chi connectivity index (χ0) is 6.53. The maximum absolute atomic E-state index is 2.36. The van der Waals surface area contributed by atoms with Gasteiger partial charge in [0, 0.05) is 0 Å². The molecule has 10 heavy (non-hydrogen) atoms. The second kappa shape index (κ2) is 6.93. The summed E-state index contributed by atoms with van der Waals surface area (Å²) in [6.07, 6.45) is 7.77. The van der Waals surface area contributed by atoms with Crippen LogP contribution in [0.1, 0.15) is 39.0 Å². The van der Waals surface area contributed by atoms with Crippen molar-refractivity contribution in [1.29, 1.82) is 0 Å². The first-order valence-corrected chi connectivity index (χ1v) is 6.25. The quantitative estimate of drug-likeness (QED) is 0.621. The first-order valence-electron chi connectivity index (χ1n) is 4.43. The Morgan fingerprint density at radius 3 is 2.30 bits per heavy atom. The lowest BCUT2D eigenvalue weighted by atomic mass is 10.00. The lowest BCUT2D eigenvalue weighted by Gasteiger charge is -2.20. The van der Waals surface area contributed by atoms with Gasteiger partial charge in [-0.2, -0.15) is 0 Å². The molecule has 58 valence electrons. The summed E-state index contributed by atoms with van der Waals surface area (Å²) in [6, 6.07) is 0. The highest BCUT2D eigenvalue weighted by Crippen LogP contribution is 2.27. The van der Waals surface area contributed by atoms with Crippen LogP contribution in [0, 0.1) is 0 Å². The predicted molar refractivity (Wildman–Crippen MR) is 53.4 cm³/mol. The van der Waals surface area contributed by atoms with Crippen molar-refractivity contribution in [1.82, 2.24) is 0 Å². The fourth-order valence-electron chi connectivity index (χ4n) is 1.88. The molecule has 1 aliphatic carbocycles. The van der Waals surface area contributed by atoms with E-state index in [1.54, 1.807) is 12.8 Å². The van der Waals surface area contributed by atoms with E-state index >= 15 is 0 Å². The zero-order valence-corrected chi connectivity index (χ0v) is 10.1. The molecule has 0 amide bonds. The van der Waals surface area contributed by atoms with Gasteiger partial charge < -0.3 is 0 Å². The Morgan fingerprint density at radius 1 is 1.20 bits per heavy atom. The fraction of sp³-hybridized carbons (Fsp3) is 1.00. The van der Waals surface area contributed by atoms with Crippen molar-refractivity contribution in [3.63, 3.8) is 0 Å². The molecule has 1 aliphatic rings. The molecule has 0 bridgehead atoms. The van der Waals surface area contributed by atoms with Crippen molar-refractivity contribution < 1.29 is 0 Å². The van der Waals surface area contributed by atoms with Crippen LogP contribution in [0.5, 0.6) is 0 Å². The third-order valence-corrected chi connectivity index (χ3v) is 4.63. The van der Waals surface area contributed by atoms with Gasteiger partial charge in [0.1, 0.15) is 0 Å². The van der Waals surface area contributed by atoms with Crippen LogP contribution in [-0.4, -0.2) is 20.4 Å². The van der Waals surface area contributed by atoms with E-state index in [1.165, 1.54) is 27.9 Å². The SMILES string of the molecule is Br.C[CH2][Mg][CH]1CCCCC1. The highest BCUT2D eigenvalue weighted by atomic mass is 79.9. The van der Waals surface area contributed by atoms with Crippen LogP contribution in [-0.2, 0) is 0 Å². The molecule has 1 rings (SSSR count). The number of rotatable bonds is 2. The first-order chi connectivity index (χ1) is 4.43. The van der Waals surface area contributed by atoms with Gasteiger partial charge in [-0.25, -0.2) is 0 Å². The second-order valence-corrected chi connectivity index (χ2v) is 6.02. The molecule has 1 fully saturated rings. The molecule has 0 heterocycles. The fourth-order valence-corrected chi connectivity index (χ4v) is 3.86. The normalized spacial score (nSPS) is 19.3. The van der Waals surface area contributed by atoms with E-state index in [-0.39, 0.29) is 17.0 Å². The van der Waals surface area contributed by atoms with E-state index in [9.17, 15) is 0 Å². The van der Waals surface area contributed by atoms with Crippen LogP contribution in [0.3, 0.4) is 0 Å². The molecule has 0 N–H and O–H groups in total. The van der Waals surface area contributed by atoms with Crippen molar-refractivity contribution in [3.8, 4) is 0 Å². The topological polar surface area (TPSA) is 0 Å². The predicted octanol–water partition coefficient (Wildman–Crippen LogP) is 3.46. The molecule has 0 aliphatic heterocycles. The molecular weight excluding hydrogens is 200 g/mol. The Labute approximate surface area is 84.6 Å². The summed E-state index contributed by atoms with van der Waals surface area (Å²) in [4.78, 5) is 0. The van der Waals surface area contributed by atoms with Gasteiger partial charge in [0.25, 0.3) is 0 Å². The largest absolute Gasteiger partial charge is 0.368 e. The first kappa shape index (κ1) is 11.2. The van der Waals surface area contributed by atoms with Gasteiger partial charge in [-0.1, -0.05) is 39.0 Å². The minimum atomic E-state index is 0. The van der Waals surface area contributed by atoms with Gasteiger partial charge in [0.2, 0.25) is 0 Å². The maximum atomic E-state index is 2.36. The highest BCUT2D eigenvalue weighted by molar-refractivity contribution is 8.93. The van der Waals surface area contributed by atoms with Crippen LogP contribution in [0.2, 0.25) is 8.60 Å². The molecule has 2 heteroatoms. The van der Waals surface area contributed by atoms with Gasteiger partial charge in [0.15, 0.2) is 0 Å². The Bertz CT molecular complexity index is 66.9. The van der Waals surface area contributed by atoms with Crippen molar-refractivity contribution in [2.45, 2.75) is 47.6 Å². The minimum absolute atomic E-state index is 0. The van der Waals surface area contributed by atoms with Crippen LogP contribution >= 0.6 is 17.0 Å². The third-order valence-electron chi connectivity index (χ3n) is 2.42. The number of hydrogen-bond donors (Lipinski definition) is 0. The van der Waals surface area contributed by atoms with E-state index in [0.717, 1.165) is 0 Å². The summed E-state index contributed by atoms with van der Waals surface area (Å²) in [7, 11) is 0. The summed E-state index contributed by atoms with van der Waals surface area (Å²) in [5, 5.41) is 0. The van der Waals surface area contributed by atoms with Crippen LogP contribution in [0.4, 0.5) is 0 Å². The lowest BCUT2D eigenvalue weighted by Crippen LogP contribution is -2.06. The molecule has 0 unspecified atom stereocenters. The van der Waals surface area contributed by atoms with Crippen molar-refractivity contribution >= 4 is 37.3 Å². The molecular formula is C8H17BrMg. The second-order valence-electron chi connectivity index (χ2n) is 3.29. The van der Waals surface area contributed by atoms with Gasteiger partial charge in [0.05, 0.1) is 0 Å².